The quantitative estimate of drug-likeness (QED) is 0.742. The first-order chi connectivity index (χ1) is 13.1. The number of amides is 1. The summed E-state index contributed by atoms with van der Waals surface area (Å²) in [5, 5.41) is 2.79. The average Bonchev–Trinajstić information content (AvgIpc) is 2.65. The van der Waals surface area contributed by atoms with Crippen molar-refractivity contribution in [2.75, 3.05) is 5.32 Å². The molecule has 2 saturated carbocycles. The number of carbonyl (C=O) groups is 1. The number of para-hydroxylation sites is 2. The Bertz CT molecular complexity index is 803. The van der Waals surface area contributed by atoms with Crippen LogP contribution in [0.15, 0.2) is 48.5 Å². The molecular formula is C22H26ClFN2O2. The van der Waals surface area contributed by atoms with Gasteiger partial charge in [0.2, 0.25) is 5.91 Å². The second-order valence-electron chi connectivity index (χ2n) is 7.71. The van der Waals surface area contributed by atoms with Gasteiger partial charge < -0.3 is 15.8 Å². The molecule has 0 aliphatic heterocycles. The number of benzene rings is 2. The van der Waals surface area contributed by atoms with Gasteiger partial charge in [0, 0.05) is 12.0 Å². The van der Waals surface area contributed by atoms with Crippen molar-refractivity contribution >= 4 is 24.0 Å². The second-order valence-corrected chi connectivity index (χ2v) is 7.71. The van der Waals surface area contributed by atoms with Crippen LogP contribution < -0.4 is 15.8 Å². The number of carbonyl (C=O) groups excluding carboxylic acids is 1. The number of ether oxygens (including phenoxy) is 1. The van der Waals surface area contributed by atoms with Gasteiger partial charge in [-0.15, -0.1) is 12.4 Å². The smallest absolute Gasteiger partial charge is 0.227 e. The fourth-order valence-electron chi connectivity index (χ4n) is 4.55. The number of nitrogens with one attached hydrogen (secondary N) is 1. The molecule has 2 aliphatic rings. The van der Waals surface area contributed by atoms with Gasteiger partial charge in [0.1, 0.15) is 11.4 Å². The van der Waals surface area contributed by atoms with Gasteiger partial charge in [-0.25, -0.2) is 4.39 Å². The van der Waals surface area contributed by atoms with Crippen molar-refractivity contribution in [1.82, 2.24) is 0 Å². The first-order valence-electron chi connectivity index (χ1n) is 9.69. The molecular weight excluding hydrogens is 379 g/mol. The second kappa shape index (κ2) is 8.93. The molecule has 150 valence electrons. The molecule has 2 bridgehead atoms. The highest BCUT2D eigenvalue weighted by Gasteiger charge is 2.40. The summed E-state index contributed by atoms with van der Waals surface area (Å²) < 4.78 is 20.3. The van der Waals surface area contributed by atoms with Crippen LogP contribution in [0.1, 0.15) is 32.1 Å². The Hall–Kier alpha value is -2.11. The number of anilines is 1. The van der Waals surface area contributed by atoms with Crippen LogP contribution in [0.25, 0.3) is 0 Å². The largest absolute Gasteiger partial charge is 0.455 e. The lowest BCUT2D eigenvalue weighted by molar-refractivity contribution is -0.122. The number of hydrogen-bond donors (Lipinski definition) is 2. The molecule has 0 spiro atoms. The summed E-state index contributed by atoms with van der Waals surface area (Å²) in [5.74, 6) is 0.942. The van der Waals surface area contributed by atoms with Crippen LogP contribution in [0, 0.1) is 23.6 Å². The maximum Gasteiger partial charge on any atom is 0.227 e. The number of nitrogens with two attached hydrogens (primary N) is 1. The summed E-state index contributed by atoms with van der Waals surface area (Å²) in [7, 11) is 0. The van der Waals surface area contributed by atoms with Gasteiger partial charge in [0.05, 0.1) is 0 Å². The summed E-state index contributed by atoms with van der Waals surface area (Å²) in [4.78, 5) is 12.9. The first kappa shape index (κ1) is 20.6. The molecule has 6 heteroatoms. The molecule has 0 aromatic heterocycles. The van der Waals surface area contributed by atoms with Crippen molar-refractivity contribution in [3.63, 3.8) is 0 Å². The van der Waals surface area contributed by atoms with Gasteiger partial charge in [-0.05, 0) is 61.8 Å². The van der Waals surface area contributed by atoms with Crippen LogP contribution in [0.5, 0.6) is 11.5 Å². The highest BCUT2D eigenvalue weighted by atomic mass is 35.5. The highest BCUT2D eigenvalue weighted by Crippen LogP contribution is 2.42. The Labute approximate surface area is 171 Å². The minimum atomic E-state index is -0.496. The van der Waals surface area contributed by atoms with E-state index in [9.17, 15) is 9.18 Å². The number of rotatable bonds is 4. The summed E-state index contributed by atoms with van der Waals surface area (Å²) in [6, 6.07) is 13.9. The maximum absolute atomic E-state index is 14.5. The topological polar surface area (TPSA) is 64.4 Å². The lowest BCUT2D eigenvalue weighted by atomic mass is 9.65. The molecule has 2 aromatic carbocycles. The van der Waals surface area contributed by atoms with Gasteiger partial charge in [0.25, 0.3) is 0 Å². The van der Waals surface area contributed by atoms with Crippen molar-refractivity contribution < 1.29 is 13.9 Å². The number of hydrogen-bond acceptors (Lipinski definition) is 3. The van der Waals surface area contributed by atoms with Gasteiger partial charge >= 0.3 is 0 Å². The molecule has 2 aromatic rings. The third kappa shape index (κ3) is 4.31. The summed E-state index contributed by atoms with van der Waals surface area (Å²) in [6.07, 6.45) is 4.94. The van der Waals surface area contributed by atoms with Crippen molar-refractivity contribution in [2.45, 2.75) is 38.1 Å². The molecule has 28 heavy (non-hydrogen) atoms. The van der Waals surface area contributed by atoms with E-state index < -0.39 is 5.82 Å². The molecule has 2 aliphatic carbocycles. The average molecular weight is 405 g/mol. The molecule has 2 unspecified atom stereocenters. The molecule has 0 heterocycles. The number of fused-ring (bicyclic) bond motifs is 2. The molecule has 4 nitrogen and oxygen atoms in total. The minimum absolute atomic E-state index is 0. The molecule has 3 N–H and O–H groups in total. The molecule has 2 fully saturated rings. The van der Waals surface area contributed by atoms with Crippen LogP contribution in [0.4, 0.5) is 10.1 Å². The van der Waals surface area contributed by atoms with Gasteiger partial charge in [-0.3, -0.25) is 4.79 Å². The predicted octanol–water partition coefficient (Wildman–Crippen LogP) is 5.13. The van der Waals surface area contributed by atoms with E-state index in [1.165, 1.54) is 12.5 Å². The zero-order valence-corrected chi connectivity index (χ0v) is 16.5. The lowest BCUT2D eigenvalue weighted by Crippen LogP contribution is -2.48. The van der Waals surface area contributed by atoms with Crippen molar-refractivity contribution in [3.8, 4) is 11.5 Å². The fraction of sp³-hybridized carbons (Fsp3) is 0.409. The molecule has 0 radical (unpaired) electrons. The Morgan fingerprint density at radius 1 is 1.04 bits per heavy atom. The van der Waals surface area contributed by atoms with Crippen LogP contribution in [0.3, 0.4) is 0 Å². The third-order valence-electron chi connectivity index (χ3n) is 5.98. The molecule has 1 amide bonds. The lowest BCUT2D eigenvalue weighted by Gasteiger charge is -2.43. The van der Waals surface area contributed by atoms with E-state index in [2.05, 4.69) is 5.32 Å². The van der Waals surface area contributed by atoms with Gasteiger partial charge in [0.15, 0.2) is 11.6 Å². The van der Waals surface area contributed by atoms with Gasteiger partial charge in [-0.1, -0.05) is 30.7 Å². The first-order valence-corrected chi connectivity index (χ1v) is 9.69. The molecule has 0 saturated heterocycles. The fourth-order valence-corrected chi connectivity index (χ4v) is 4.55. The van der Waals surface area contributed by atoms with Crippen LogP contribution in [0.2, 0.25) is 0 Å². The van der Waals surface area contributed by atoms with E-state index in [0.717, 1.165) is 25.7 Å². The minimum Gasteiger partial charge on any atom is -0.455 e. The van der Waals surface area contributed by atoms with Gasteiger partial charge in [-0.2, -0.15) is 0 Å². The zero-order valence-electron chi connectivity index (χ0n) is 15.6. The zero-order chi connectivity index (χ0) is 18.8. The standard InChI is InChI=1S/C22H25FN2O2.ClH/c23-18-10-5-11-19(27-17-8-2-1-3-9-17)21(18)25-22(26)16-12-14-6-4-7-15(13-16)20(14)24;/h1-3,5,8-11,14-16,20H,4,6-7,12-13,24H2,(H,25,26);1H. The molecule has 2 atom stereocenters. The Kier molecular flexibility index (Phi) is 6.57. The van der Waals surface area contributed by atoms with E-state index in [1.807, 2.05) is 18.2 Å². The maximum atomic E-state index is 14.5. The van der Waals surface area contributed by atoms with E-state index in [4.69, 9.17) is 10.5 Å². The SMILES string of the molecule is Cl.NC1C2CCCC1CC(C(=O)Nc1c(F)cccc1Oc1ccccc1)C2. The normalized spacial score (nSPS) is 26.1. The Balaban J connectivity index is 0.00000225. The predicted molar refractivity (Wildman–Crippen MR) is 110 cm³/mol. The Morgan fingerprint density at radius 3 is 2.39 bits per heavy atom. The third-order valence-corrected chi connectivity index (χ3v) is 5.98. The van der Waals surface area contributed by atoms with E-state index in [1.54, 1.807) is 24.3 Å². The summed E-state index contributed by atoms with van der Waals surface area (Å²) >= 11 is 0. The summed E-state index contributed by atoms with van der Waals surface area (Å²) in [6.45, 7) is 0. The van der Waals surface area contributed by atoms with Crippen LogP contribution in [-0.2, 0) is 4.79 Å². The van der Waals surface area contributed by atoms with E-state index in [0.29, 0.717) is 23.3 Å². The highest BCUT2D eigenvalue weighted by molar-refractivity contribution is 5.94. The van der Waals surface area contributed by atoms with E-state index in [-0.39, 0.29) is 36.0 Å². The van der Waals surface area contributed by atoms with E-state index >= 15 is 0 Å². The number of halogens is 2. The van der Waals surface area contributed by atoms with Crippen LogP contribution in [-0.4, -0.2) is 11.9 Å². The summed E-state index contributed by atoms with van der Waals surface area (Å²) in [5.41, 5.74) is 6.42. The molecule has 4 rings (SSSR count). The van der Waals surface area contributed by atoms with Crippen LogP contribution >= 0.6 is 12.4 Å². The van der Waals surface area contributed by atoms with Crippen molar-refractivity contribution in [3.05, 3.63) is 54.3 Å². The van der Waals surface area contributed by atoms with Crippen molar-refractivity contribution in [2.24, 2.45) is 23.5 Å². The Morgan fingerprint density at radius 2 is 1.71 bits per heavy atom. The van der Waals surface area contributed by atoms with Crippen molar-refractivity contribution in [1.29, 1.82) is 0 Å². The monoisotopic (exact) mass is 404 g/mol.